The second-order valence-electron chi connectivity index (χ2n) is 3.55. The molecule has 0 spiro atoms. The predicted molar refractivity (Wildman–Crippen MR) is 63.3 cm³/mol. The molecule has 0 fully saturated rings. The van der Waals surface area contributed by atoms with Crippen molar-refractivity contribution in [2.24, 2.45) is 0 Å². The third kappa shape index (κ3) is 2.78. The van der Waals surface area contributed by atoms with Crippen molar-refractivity contribution in [3.8, 4) is 0 Å². The molecule has 0 aliphatic heterocycles. The molecular weight excluding hydrogens is 220 g/mol. The summed E-state index contributed by atoms with van der Waals surface area (Å²) in [7, 11) is 0. The van der Waals surface area contributed by atoms with E-state index in [2.05, 4.69) is 4.98 Å². The van der Waals surface area contributed by atoms with Gasteiger partial charge in [-0.25, -0.2) is 0 Å². The smallest absolute Gasteiger partial charge is 0.382 e. The summed E-state index contributed by atoms with van der Waals surface area (Å²) in [4.78, 5) is 13.2. The van der Waals surface area contributed by atoms with Gasteiger partial charge in [0.05, 0.1) is 0 Å². The molecule has 0 N–H and O–H groups in total. The van der Waals surface area contributed by atoms with Gasteiger partial charge in [0.15, 0.2) is 12.0 Å². The molecule has 0 amide bonds. The molecule has 0 saturated heterocycles. The SMILES string of the molecule is Cc1ccc(C=Cc2cnc([N+](=O)[O-])o2)cc1. The second kappa shape index (κ2) is 4.61. The minimum Gasteiger partial charge on any atom is -0.382 e. The highest BCUT2D eigenvalue weighted by molar-refractivity contribution is 5.67. The summed E-state index contributed by atoms with van der Waals surface area (Å²) in [5.74, 6) is 0.359. The Kier molecular flexibility index (Phi) is 3.00. The van der Waals surface area contributed by atoms with E-state index in [9.17, 15) is 10.1 Å². The molecule has 1 heterocycles. The molecule has 5 nitrogen and oxygen atoms in total. The van der Waals surface area contributed by atoms with Crippen LogP contribution in [-0.2, 0) is 0 Å². The van der Waals surface area contributed by atoms with Crippen molar-refractivity contribution >= 4 is 18.2 Å². The number of rotatable bonds is 3. The number of hydrogen-bond donors (Lipinski definition) is 0. The van der Waals surface area contributed by atoms with E-state index >= 15 is 0 Å². The Hall–Kier alpha value is -2.43. The van der Waals surface area contributed by atoms with Gasteiger partial charge in [0.25, 0.3) is 0 Å². The fourth-order valence-electron chi connectivity index (χ4n) is 1.29. The van der Waals surface area contributed by atoms with Crippen LogP contribution in [0.1, 0.15) is 16.9 Å². The monoisotopic (exact) mass is 230 g/mol. The van der Waals surface area contributed by atoms with Crippen molar-refractivity contribution in [3.05, 3.63) is 57.5 Å². The number of aromatic nitrogens is 1. The molecule has 0 aliphatic rings. The minimum atomic E-state index is -0.663. The zero-order chi connectivity index (χ0) is 12.3. The van der Waals surface area contributed by atoms with Crippen molar-refractivity contribution in [2.75, 3.05) is 0 Å². The van der Waals surface area contributed by atoms with Gasteiger partial charge in [-0.05, 0) is 23.5 Å². The van der Waals surface area contributed by atoms with Gasteiger partial charge in [-0.3, -0.25) is 0 Å². The molecule has 17 heavy (non-hydrogen) atoms. The van der Waals surface area contributed by atoms with Crippen molar-refractivity contribution in [1.82, 2.24) is 4.98 Å². The van der Waals surface area contributed by atoms with Gasteiger partial charge in [-0.2, -0.15) is 0 Å². The fraction of sp³-hybridized carbons (Fsp3) is 0.0833. The molecule has 5 heteroatoms. The maximum absolute atomic E-state index is 10.4. The lowest BCUT2D eigenvalue weighted by molar-refractivity contribution is -0.407. The summed E-state index contributed by atoms with van der Waals surface area (Å²) < 4.78 is 4.89. The normalized spacial score (nSPS) is 10.9. The maximum Gasteiger partial charge on any atom is 0.546 e. The van der Waals surface area contributed by atoms with Crippen LogP contribution in [-0.4, -0.2) is 9.91 Å². The van der Waals surface area contributed by atoms with Crippen LogP contribution < -0.4 is 0 Å². The molecule has 1 aromatic heterocycles. The van der Waals surface area contributed by atoms with Crippen LogP contribution in [0.15, 0.2) is 34.9 Å². The van der Waals surface area contributed by atoms with Gasteiger partial charge < -0.3 is 14.5 Å². The number of hydrogen-bond acceptors (Lipinski definition) is 4. The molecule has 0 bridgehead atoms. The van der Waals surface area contributed by atoms with E-state index in [1.807, 2.05) is 37.3 Å². The fourth-order valence-corrected chi connectivity index (χ4v) is 1.29. The summed E-state index contributed by atoms with van der Waals surface area (Å²) in [5, 5.41) is 10.4. The van der Waals surface area contributed by atoms with Crippen LogP contribution in [0.3, 0.4) is 0 Å². The largest absolute Gasteiger partial charge is 0.546 e. The topological polar surface area (TPSA) is 69.2 Å². The molecule has 0 radical (unpaired) electrons. The van der Waals surface area contributed by atoms with Crippen molar-refractivity contribution < 1.29 is 9.34 Å². The first-order valence-electron chi connectivity index (χ1n) is 5.00. The van der Waals surface area contributed by atoms with E-state index in [1.165, 1.54) is 11.8 Å². The Morgan fingerprint density at radius 1 is 1.29 bits per heavy atom. The zero-order valence-corrected chi connectivity index (χ0v) is 9.16. The van der Waals surface area contributed by atoms with E-state index in [-0.39, 0.29) is 0 Å². The summed E-state index contributed by atoms with van der Waals surface area (Å²) in [6.45, 7) is 2.01. The number of nitrogens with zero attached hydrogens (tertiary/aromatic N) is 2. The minimum absolute atomic E-state index is 0.359. The van der Waals surface area contributed by atoms with Gasteiger partial charge >= 0.3 is 6.01 Å². The van der Waals surface area contributed by atoms with Gasteiger partial charge in [-0.1, -0.05) is 35.9 Å². The maximum atomic E-state index is 10.4. The Balaban J connectivity index is 2.14. The van der Waals surface area contributed by atoms with Gasteiger partial charge in [0.1, 0.15) is 0 Å². The van der Waals surface area contributed by atoms with Gasteiger partial charge in [-0.15, -0.1) is 0 Å². The van der Waals surface area contributed by atoms with E-state index < -0.39 is 10.9 Å². The Morgan fingerprint density at radius 3 is 2.59 bits per heavy atom. The van der Waals surface area contributed by atoms with E-state index in [0.717, 1.165) is 5.56 Å². The lowest BCUT2D eigenvalue weighted by Crippen LogP contribution is -1.85. The molecular formula is C12H10N2O3. The molecule has 2 aromatic rings. The van der Waals surface area contributed by atoms with Crippen LogP contribution in [0.4, 0.5) is 6.01 Å². The molecule has 0 aliphatic carbocycles. The summed E-state index contributed by atoms with van der Waals surface area (Å²) in [6, 6.07) is 7.40. The number of nitro groups is 1. The second-order valence-corrected chi connectivity index (χ2v) is 3.55. The van der Waals surface area contributed by atoms with Crippen LogP contribution in [0.5, 0.6) is 0 Å². The highest BCUT2D eigenvalue weighted by atomic mass is 16.7. The lowest BCUT2D eigenvalue weighted by Gasteiger charge is -1.93. The number of aryl methyl sites for hydroxylation is 1. The van der Waals surface area contributed by atoms with E-state index in [1.54, 1.807) is 6.08 Å². The number of benzene rings is 1. The quantitative estimate of drug-likeness (QED) is 0.600. The lowest BCUT2D eigenvalue weighted by atomic mass is 10.1. The van der Waals surface area contributed by atoms with E-state index in [4.69, 9.17) is 4.42 Å². The molecule has 86 valence electrons. The average Bonchev–Trinajstić information content (AvgIpc) is 2.77. The third-order valence-corrected chi connectivity index (χ3v) is 2.18. The third-order valence-electron chi connectivity index (χ3n) is 2.18. The van der Waals surface area contributed by atoms with Crippen molar-refractivity contribution in [2.45, 2.75) is 6.92 Å². The Morgan fingerprint density at radius 2 is 2.00 bits per heavy atom. The number of oxazole rings is 1. The van der Waals surface area contributed by atoms with Crippen molar-refractivity contribution in [1.29, 1.82) is 0 Å². The van der Waals surface area contributed by atoms with Crippen LogP contribution in [0, 0.1) is 17.0 Å². The Bertz CT molecular complexity index is 555. The Labute approximate surface area is 97.6 Å². The van der Waals surface area contributed by atoms with Crippen LogP contribution >= 0.6 is 0 Å². The zero-order valence-electron chi connectivity index (χ0n) is 9.16. The molecule has 0 saturated carbocycles. The predicted octanol–water partition coefficient (Wildman–Crippen LogP) is 3.06. The van der Waals surface area contributed by atoms with Crippen molar-refractivity contribution in [3.63, 3.8) is 0 Å². The standard InChI is InChI=1S/C12H10N2O3/c1-9-2-4-10(5-3-9)6-7-11-8-13-12(17-11)14(15)16/h2-8H,1H3. The first-order chi connectivity index (χ1) is 8.15. The highest BCUT2D eigenvalue weighted by Crippen LogP contribution is 2.14. The van der Waals surface area contributed by atoms with Crippen LogP contribution in [0.25, 0.3) is 12.2 Å². The summed E-state index contributed by atoms with van der Waals surface area (Å²) in [5.41, 5.74) is 2.17. The summed E-state index contributed by atoms with van der Waals surface area (Å²) in [6.07, 6.45) is 4.77. The van der Waals surface area contributed by atoms with Gasteiger partial charge in [0.2, 0.25) is 0 Å². The van der Waals surface area contributed by atoms with E-state index in [0.29, 0.717) is 5.76 Å². The molecule has 0 atom stereocenters. The first-order valence-corrected chi connectivity index (χ1v) is 5.00. The molecule has 0 unspecified atom stereocenters. The van der Waals surface area contributed by atoms with Crippen LogP contribution in [0.2, 0.25) is 0 Å². The highest BCUT2D eigenvalue weighted by Gasteiger charge is 2.12. The van der Waals surface area contributed by atoms with Gasteiger partial charge in [0, 0.05) is 4.92 Å². The first kappa shape index (κ1) is 11.1. The average molecular weight is 230 g/mol. The molecule has 2 rings (SSSR count). The summed E-state index contributed by atoms with van der Waals surface area (Å²) >= 11 is 0. The molecule has 1 aromatic carbocycles.